The third kappa shape index (κ3) is 4.60. The van der Waals surface area contributed by atoms with Crippen molar-refractivity contribution in [2.24, 2.45) is 5.10 Å². The minimum Gasteiger partial charge on any atom is -0.467 e. The van der Waals surface area contributed by atoms with Gasteiger partial charge in [-0.1, -0.05) is 23.7 Å². The first kappa shape index (κ1) is 16.0. The molecule has 6 nitrogen and oxygen atoms in total. The number of benzene rings is 1. The minimum atomic E-state index is 0.199. The largest absolute Gasteiger partial charge is 0.467 e. The maximum absolute atomic E-state index is 5.85. The van der Waals surface area contributed by atoms with E-state index in [0.717, 1.165) is 6.42 Å². The number of nitrogens with zero attached hydrogens (tertiary/aromatic N) is 4. The molecule has 1 aromatic heterocycles. The second kappa shape index (κ2) is 7.61. The van der Waals surface area contributed by atoms with Gasteiger partial charge in [-0.3, -0.25) is 5.43 Å². The van der Waals surface area contributed by atoms with Crippen molar-refractivity contribution >= 4 is 29.3 Å². The molecule has 0 amide bonds. The first-order valence-electron chi connectivity index (χ1n) is 6.71. The zero-order valence-corrected chi connectivity index (χ0v) is 13.5. The van der Waals surface area contributed by atoms with Crippen molar-refractivity contribution in [3.8, 4) is 6.01 Å². The molecule has 0 unspecified atom stereocenters. The van der Waals surface area contributed by atoms with Gasteiger partial charge in [0.25, 0.3) is 0 Å². The molecule has 0 aliphatic carbocycles. The highest BCUT2D eigenvalue weighted by Gasteiger charge is 2.01. The van der Waals surface area contributed by atoms with E-state index in [1.807, 2.05) is 14.1 Å². The van der Waals surface area contributed by atoms with E-state index in [2.05, 4.69) is 49.7 Å². The first-order chi connectivity index (χ1) is 10.6. The lowest BCUT2D eigenvalue weighted by molar-refractivity contribution is 0.380. The predicted molar refractivity (Wildman–Crippen MR) is 90.2 cm³/mol. The third-order valence-electron chi connectivity index (χ3n) is 2.91. The summed E-state index contributed by atoms with van der Waals surface area (Å²) in [7, 11) is 5.51. The number of methoxy groups -OCH3 is 1. The Labute approximate surface area is 134 Å². The molecule has 0 bridgehead atoms. The number of nitrogens with one attached hydrogen (secondary N) is 1. The van der Waals surface area contributed by atoms with Gasteiger partial charge in [-0.15, -0.1) is 0 Å². The van der Waals surface area contributed by atoms with E-state index in [9.17, 15) is 0 Å². The van der Waals surface area contributed by atoms with Crippen molar-refractivity contribution in [3.63, 3.8) is 0 Å². The van der Waals surface area contributed by atoms with Crippen LogP contribution in [0.2, 0.25) is 5.15 Å². The van der Waals surface area contributed by atoms with Gasteiger partial charge in [0.05, 0.1) is 7.11 Å². The van der Waals surface area contributed by atoms with Crippen LogP contribution >= 0.6 is 11.6 Å². The molecule has 2 rings (SSSR count). The van der Waals surface area contributed by atoms with E-state index < -0.39 is 0 Å². The molecule has 0 aliphatic rings. The molecule has 0 aliphatic heterocycles. The van der Waals surface area contributed by atoms with Crippen LogP contribution in [-0.4, -0.2) is 37.4 Å². The molecule has 2 aromatic rings. The van der Waals surface area contributed by atoms with Crippen LogP contribution in [0.25, 0.3) is 0 Å². The Bertz CT molecular complexity index is 643. The van der Waals surface area contributed by atoms with Crippen molar-refractivity contribution in [2.75, 3.05) is 31.5 Å². The van der Waals surface area contributed by atoms with Crippen LogP contribution in [-0.2, 0) is 6.42 Å². The highest BCUT2D eigenvalue weighted by Crippen LogP contribution is 2.15. The number of anilines is 2. The van der Waals surface area contributed by atoms with Gasteiger partial charge < -0.3 is 9.64 Å². The van der Waals surface area contributed by atoms with E-state index in [0.29, 0.717) is 11.0 Å². The molecular formula is C15H18ClN5O. The fourth-order valence-corrected chi connectivity index (χ4v) is 1.91. The lowest BCUT2D eigenvalue weighted by atomic mass is 10.1. The molecule has 7 heteroatoms. The summed E-state index contributed by atoms with van der Waals surface area (Å²) in [5.74, 6) is 0.482. The number of hydrazone groups is 1. The standard InChI is InChI=1S/C15H18ClN5O/c1-21(2)12-6-4-11(5-7-12)8-9-17-20-14-10-13(16)18-15(19-14)22-3/h4-7,9-10H,8H2,1-3H3,(H,18,19,20). The number of ether oxygens (including phenoxy) is 1. The molecule has 22 heavy (non-hydrogen) atoms. The maximum Gasteiger partial charge on any atom is 0.319 e. The molecule has 1 aromatic carbocycles. The second-order valence-corrected chi connectivity index (χ2v) is 5.14. The van der Waals surface area contributed by atoms with Gasteiger partial charge in [-0.25, -0.2) is 0 Å². The van der Waals surface area contributed by atoms with Crippen LogP contribution in [0.1, 0.15) is 5.56 Å². The summed E-state index contributed by atoms with van der Waals surface area (Å²) in [6, 6.07) is 10.1. The quantitative estimate of drug-likeness (QED) is 0.504. The van der Waals surface area contributed by atoms with Crippen LogP contribution in [0.4, 0.5) is 11.5 Å². The number of rotatable bonds is 6. The molecule has 1 heterocycles. The SMILES string of the molecule is COc1nc(Cl)cc(NN=CCc2ccc(N(C)C)cc2)n1. The zero-order chi connectivity index (χ0) is 15.9. The summed E-state index contributed by atoms with van der Waals surface area (Å²) in [4.78, 5) is 10.0. The van der Waals surface area contributed by atoms with E-state index in [1.54, 1.807) is 12.3 Å². The van der Waals surface area contributed by atoms with Crippen molar-refractivity contribution < 1.29 is 4.74 Å². The van der Waals surface area contributed by atoms with Crippen molar-refractivity contribution in [3.05, 3.63) is 41.0 Å². The summed E-state index contributed by atoms with van der Waals surface area (Å²) in [5.41, 5.74) is 5.15. The Morgan fingerprint density at radius 3 is 2.64 bits per heavy atom. The molecular weight excluding hydrogens is 302 g/mol. The van der Waals surface area contributed by atoms with Gasteiger partial charge in [0.15, 0.2) is 5.82 Å². The topological polar surface area (TPSA) is 62.6 Å². The molecule has 0 saturated carbocycles. The smallest absolute Gasteiger partial charge is 0.319 e. The van der Waals surface area contributed by atoms with Crippen molar-refractivity contribution in [2.45, 2.75) is 6.42 Å². The maximum atomic E-state index is 5.85. The van der Waals surface area contributed by atoms with Crippen LogP contribution in [0.3, 0.4) is 0 Å². The van der Waals surface area contributed by atoms with Crippen molar-refractivity contribution in [1.82, 2.24) is 9.97 Å². The van der Waals surface area contributed by atoms with Gasteiger partial charge in [0, 0.05) is 38.5 Å². The highest BCUT2D eigenvalue weighted by atomic mass is 35.5. The van der Waals surface area contributed by atoms with E-state index >= 15 is 0 Å². The summed E-state index contributed by atoms with van der Waals surface area (Å²) in [5, 5.41) is 4.42. The van der Waals surface area contributed by atoms with Crippen LogP contribution in [0.5, 0.6) is 6.01 Å². The van der Waals surface area contributed by atoms with Gasteiger partial charge >= 0.3 is 6.01 Å². The molecule has 0 spiro atoms. The van der Waals surface area contributed by atoms with Gasteiger partial charge in [-0.2, -0.15) is 15.1 Å². The summed E-state index contributed by atoms with van der Waals surface area (Å²) < 4.78 is 4.94. The van der Waals surface area contributed by atoms with E-state index in [4.69, 9.17) is 16.3 Å². The van der Waals surface area contributed by atoms with Crippen LogP contribution in [0, 0.1) is 0 Å². The fourth-order valence-electron chi connectivity index (χ4n) is 1.74. The summed E-state index contributed by atoms with van der Waals surface area (Å²) in [6.07, 6.45) is 2.49. The molecule has 0 atom stereocenters. The Kier molecular flexibility index (Phi) is 5.55. The Balaban J connectivity index is 1.91. The molecule has 0 radical (unpaired) electrons. The fraction of sp³-hybridized carbons (Fsp3) is 0.267. The lowest BCUT2D eigenvalue weighted by Gasteiger charge is -2.12. The zero-order valence-electron chi connectivity index (χ0n) is 12.7. The van der Waals surface area contributed by atoms with Gasteiger partial charge in [0.2, 0.25) is 0 Å². The first-order valence-corrected chi connectivity index (χ1v) is 7.08. The second-order valence-electron chi connectivity index (χ2n) is 4.75. The number of hydrogen-bond acceptors (Lipinski definition) is 6. The third-order valence-corrected chi connectivity index (χ3v) is 3.10. The minimum absolute atomic E-state index is 0.199. The molecule has 0 saturated heterocycles. The van der Waals surface area contributed by atoms with Gasteiger partial charge in [0.1, 0.15) is 5.15 Å². The predicted octanol–water partition coefficient (Wildman–Crippen LogP) is 2.85. The highest BCUT2D eigenvalue weighted by molar-refractivity contribution is 6.29. The number of aromatic nitrogens is 2. The Morgan fingerprint density at radius 2 is 2.00 bits per heavy atom. The van der Waals surface area contributed by atoms with Crippen molar-refractivity contribution in [1.29, 1.82) is 0 Å². The van der Waals surface area contributed by atoms with Gasteiger partial charge in [-0.05, 0) is 17.7 Å². The Hall–Kier alpha value is -2.34. The monoisotopic (exact) mass is 319 g/mol. The Morgan fingerprint density at radius 1 is 1.27 bits per heavy atom. The van der Waals surface area contributed by atoms with E-state index in [1.165, 1.54) is 18.4 Å². The molecule has 0 fully saturated rings. The lowest BCUT2D eigenvalue weighted by Crippen LogP contribution is -2.08. The average molecular weight is 320 g/mol. The normalized spacial score (nSPS) is 10.7. The molecule has 1 N–H and O–H groups in total. The number of halogens is 1. The van der Waals surface area contributed by atoms with Crippen LogP contribution < -0.4 is 15.1 Å². The van der Waals surface area contributed by atoms with E-state index in [-0.39, 0.29) is 6.01 Å². The molecule has 116 valence electrons. The number of hydrogen-bond donors (Lipinski definition) is 1. The summed E-state index contributed by atoms with van der Waals surface area (Å²) in [6.45, 7) is 0. The summed E-state index contributed by atoms with van der Waals surface area (Å²) >= 11 is 5.85. The average Bonchev–Trinajstić information content (AvgIpc) is 2.51. The van der Waals surface area contributed by atoms with Crippen LogP contribution in [0.15, 0.2) is 35.4 Å².